The largest absolute Gasteiger partial charge is 0.493 e. The molecule has 2 aliphatic heterocycles. The van der Waals surface area contributed by atoms with Crippen LogP contribution in [0.4, 0.5) is 0 Å². The molecule has 0 aromatic heterocycles. The quantitative estimate of drug-likeness (QED) is 0.694. The summed E-state index contributed by atoms with van der Waals surface area (Å²) in [5.41, 5.74) is 1.25. The maximum Gasteiger partial charge on any atom is 0.260 e. The average Bonchev–Trinajstić information content (AvgIpc) is 3.23. The first-order valence-corrected chi connectivity index (χ1v) is 10.1. The Kier molecular flexibility index (Phi) is 7.35. The monoisotopic (exact) mass is 375 g/mol. The molecule has 0 N–H and O–H groups in total. The van der Waals surface area contributed by atoms with Crippen LogP contribution in [-0.4, -0.2) is 87.2 Å². The molecular weight excluding hydrogens is 342 g/mol. The van der Waals surface area contributed by atoms with Crippen molar-refractivity contribution in [1.29, 1.82) is 0 Å². The van der Waals surface area contributed by atoms with Crippen LogP contribution in [0.5, 0.6) is 11.5 Å². The van der Waals surface area contributed by atoms with E-state index in [1.807, 2.05) is 17.0 Å². The zero-order valence-electron chi connectivity index (χ0n) is 16.8. The second-order valence-electron chi connectivity index (χ2n) is 7.61. The summed E-state index contributed by atoms with van der Waals surface area (Å²) in [6.07, 6.45) is 4.35. The summed E-state index contributed by atoms with van der Waals surface area (Å²) in [6, 6.07) is 6.06. The zero-order valence-corrected chi connectivity index (χ0v) is 16.8. The van der Waals surface area contributed by atoms with Gasteiger partial charge in [-0.25, -0.2) is 0 Å². The minimum absolute atomic E-state index is 0.0609. The maximum absolute atomic E-state index is 12.1. The van der Waals surface area contributed by atoms with Crippen molar-refractivity contribution in [3.63, 3.8) is 0 Å². The van der Waals surface area contributed by atoms with Gasteiger partial charge in [-0.2, -0.15) is 0 Å². The summed E-state index contributed by atoms with van der Waals surface area (Å²) in [6.45, 7) is 7.58. The van der Waals surface area contributed by atoms with Crippen molar-refractivity contribution in [3.8, 4) is 11.5 Å². The lowest BCUT2D eigenvalue weighted by atomic mass is 10.1. The van der Waals surface area contributed by atoms with Gasteiger partial charge in [0.1, 0.15) is 0 Å². The molecule has 3 rings (SSSR count). The number of likely N-dealkylation sites (tertiary alicyclic amines) is 1. The van der Waals surface area contributed by atoms with Crippen LogP contribution in [0.25, 0.3) is 0 Å². The molecule has 2 saturated heterocycles. The van der Waals surface area contributed by atoms with E-state index in [9.17, 15) is 4.79 Å². The topological polar surface area (TPSA) is 45.3 Å². The standard InChI is InChI=1S/C21H33N3O3/c1-22-12-14-23(15-13-22)9-5-6-18-7-8-19(20(16-18)26-2)27-17-21(25)24-10-3-4-11-24/h7-8,16H,3-6,9-15,17H2,1-2H3. The molecule has 0 bridgehead atoms. The van der Waals surface area contributed by atoms with Crippen molar-refractivity contribution in [1.82, 2.24) is 14.7 Å². The van der Waals surface area contributed by atoms with E-state index < -0.39 is 0 Å². The minimum atomic E-state index is 0.0609. The highest BCUT2D eigenvalue weighted by Crippen LogP contribution is 2.28. The zero-order chi connectivity index (χ0) is 19.1. The smallest absolute Gasteiger partial charge is 0.260 e. The lowest BCUT2D eigenvalue weighted by Crippen LogP contribution is -2.44. The molecule has 0 radical (unpaired) electrons. The number of hydrogen-bond donors (Lipinski definition) is 0. The Labute approximate surface area is 163 Å². The number of piperazine rings is 1. The number of ether oxygens (including phenoxy) is 2. The normalized spacial score (nSPS) is 18.7. The predicted octanol–water partition coefficient (Wildman–Crippen LogP) is 1.88. The van der Waals surface area contributed by atoms with E-state index in [0.29, 0.717) is 11.5 Å². The van der Waals surface area contributed by atoms with E-state index in [4.69, 9.17) is 9.47 Å². The number of hydrogen-bond acceptors (Lipinski definition) is 5. The first-order valence-electron chi connectivity index (χ1n) is 10.1. The fourth-order valence-corrected chi connectivity index (χ4v) is 3.76. The summed E-state index contributed by atoms with van der Waals surface area (Å²) >= 11 is 0. The number of carbonyl (C=O) groups is 1. The average molecular weight is 376 g/mol. The van der Waals surface area contributed by atoms with Crippen molar-refractivity contribution < 1.29 is 14.3 Å². The lowest BCUT2D eigenvalue weighted by molar-refractivity contribution is -0.132. The summed E-state index contributed by atoms with van der Waals surface area (Å²) in [5, 5.41) is 0. The molecule has 6 heteroatoms. The molecular formula is C21H33N3O3. The Morgan fingerprint density at radius 2 is 1.78 bits per heavy atom. The molecule has 150 valence electrons. The van der Waals surface area contributed by atoms with Gasteiger partial charge >= 0.3 is 0 Å². The van der Waals surface area contributed by atoms with Crippen LogP contribution in [0.3, 0.4) is 0 Å². The van der Waals surface area contributed by atoms with Crippen molar-refractivity contribution in [2.24, 2.45) is 0 Å². The van der Waals surface area contributed by atoms with Crippen LogP contribution in [0, 0.1) is 0 Å². The SMILES string of the molecule is COc1cc(CCCN2CCN(C)CC2)ccc1OCC(=O)N1CCCC1. The summed E-state index contributed by atoms with van der Waals surface area (Å²) in [7, 11) is 3.84. The van der Waals surface area contributed by atoms with Gasteiger partial charge in [0, 0.05) is 39.3 Å². The number of carbonyl (C=O) groups excluding carboxylic acids is 1. The lowest BCUT2D eigenvalue weighted by Gasteiger charge is -2.32. The highest BCUT2D eigenvalue weighted by Gasteiger charge is 2.19. The molecule has 0 aliphatic carbocycles. The van der Waals surface area contributed by atoms with E-state index in [0.717, 1.165) is 71.5 Å². The summed E-state index contributed by atoms with van der Waals surface area (Å²) < 4.78 is 11.2. The first-order chi connectivity index (χ1) is 13.2. The molecule has 2 heterocycles. The van der Waals surface area contributed by atoms with E-state index in [2.05, 4.69) is 22.9 Å². The van der Waals surface area contributed by atoms with Crippen LogP contribution in [0.2, 0.25) is 0 Å². The van der Waals surface area contributed by atoms with Gasteiger partial charge < -0.3 is 24.2 Å². The molecule has 0 spiro atoms. The van der Waals surface area contributed by atoms with Gasteiger partial charge in [-0.3, -0.25) is 4.79 Å². The maximum atomic E-state index is 12.1. The Morgan fingerprint density at radius 3 is 2.48 bits per heavy atom. The van der Waals surface area contributed by atoms with Gasteiger partial charge in [-0.15, -0.1) is 0 Å². The van der Waals surface area contributed by atoms with E-state index in [1.165, 1.54) is 5.56 Å². The molecule has 27 heavy (non-hydrogen) atoms. The number of amides is 1. The fraction of sp³-hybridized carbons (Fsp3) is 0.667. The van der Waals surface area contributed by atoms with Crippen LogP contribution >= 0.6 is 0 Å². The number of methoxy groups -OCH3 is 1. The second-order valence-corrected chi connectivity index (χ2v) is 7.61. The molecule has 1 aromatic carbocycles. The molecule has 0 atom stereocenters. The molecule has 1 amide bonds. The molecule has 6 nitrogen and oxygen atoms in total. The van der Waals surface area contributed by atoms with Gasteiger partial charge in [-0.1, -0.05) is 6.07 Å². The third-order valence-electron chi connectivity index (χ3n) is 5.57. The Bertz CT molecular complexity index is 609. The van der Waals surface area contributed by atoms with Crippen molar-refractivity contribution in [2.75, 3.05) is 66.6 Å². The number of rotatable bonds is 8. The molecule has 1 aromatic rings. The van der Waals surface area contributed by atoms with Gasteiger partial charge in [0.15, 0.2) is 18.1 Å². The van der Waals surface area contributed by atoms with Crippen molar-refractivity contribution in [3.05, 3.63) is 23.8 Å². The Morgan fingerprint density at radius 1 is 1.04 bits per heavy atom. The first kappa shape index (κ1) is 20.0. The third-order valence-corrected chi connectivity index (χ3v) is 5.57. The number of benzene rings is 1. The highest BCUT2D eigenvalue weighted by atomic mass is 16.5. The predicted molar refractivity (Wildman–Crippen MR) is 107 cm³/mol. The molecule has 0 saturated carbocycles. The van der Waals surface area contributed by atoms with Crippen LogP contribution in [0.15, 0.2) is 18.2 Å². The van der Waals surface area contributed by atoms with Crippen molar-refractivity contribution >= 4 is 5.91 Å². The summed E-state index contributed by atoms with van der Waals surface area (Å²) in [4.78, 5) is 18.9. The fourth-order valence-electron chi connectivity index (χ4n) is 3.76. The second kappa shape index (κ2) is 9.95. The Balaban J connectivity index is 1.46. The molecule has 0 unspecified atom stereocenters. The van der Waals surface area contributed by atoms with Crippen LogP contribution in [-0.2, 0) is 11.2 Å². The van der Waals surface area contributed by atoms with Gasteiger partial charge in [0.25, 0.3) is 5.91 Å². The summed E-state index contributed by atoms with van der Waals surface area (Å²) in [5.74, 6) is 1.42. The van der Waals surface area contributed by atoms with E-state index in [1.54, 1.807) is 7.11 Å². The van der Waals surface area contributed by atoms with Gasteiger partial charge in [-0.05, 0) is 57.0 Å². The van der Waals surface area contributed by atoms with E-state index in [-0.39, 0.29) is 12.5 Å². The van der Waals surface area contributed by atoms with Gasteiger partial charge in [0.2, 0.25) is 0 Å². The molecule has 2 fully saturated rings. The van der Waals surface area contributed by atoms with E-state index >= 15 is 0 Å². The van der Waals surface area contributed by atoms with Gasteiger partial charge in [0.05, 0.1) is 7.11 Å². The minimum Gasteiger partial charge on any atom is -0.493 e. The van der Waals surface area contributed by atoms with Crippen molar-refractivity contribution in [2.45, 2.75) is 25.7 Å². The molecule has 2 aliphatic rings. The Hall–Kier alpha value is -1.79. The number of nitrogens with zero attached hydrogens (tertiary/aromatic N) is 3. The third kappa shape index (κ3) is 5.84. The number of aryl methyl sites for hydroxylation is 1. The number of likely N-dealkylation sites (N-methyl/N-ethyl adjacent to an activating group) is 1. The highest BCUT2D eigenvalue weighted by molar-refractivity contribution is 5.78. The van der Waals surface area contributed by atoms with Crippen LogP contribution < -0.4 is 9.47 Å². The van der Waals surface area contributed by atoms with Crippen LogP contribution in [0.1, 0.15) is 24.8 Å².